The predicted octanol–water partition coefficient (Wildman–Crippen LogP) is 3.71. The van der Waals surface area contributed by atoms with Crippen molar-refractivity contribution in [3.63, 3.8) is 0 Å². The summed E-state index contributed by atoms with van der Waals surface area (Å²) in [7, 11) is 1.54. The van der Waals surface area contributed by atoms with Crippen LogP contribution in [0.1, 0.15) is 15.9 Å². The molecular weight excluding hydrogens is 413 g/mol. The minimum Gasteiger partial charge on any atom is -0.495 e. The number of nitrogens with zero attached hydrogens (tertiary/aromatic N) is 2. The van der Waals surface area contributed by atoms with Gasteiger partial charge in [-0.25, -0.2) is 0 Å². The van der Waals surface area contributed by atoms with E-state index in [1.165, 1.54) is 7.11 Å². The van der Waals surface area contributed by atoms with Gasteiger partial charge in [-0.1, -0.05) is 23.2 Å². The third-order valence-corrected chi connectivity index (χ3v) is 5.53. The van der Waals surface area contributed by atoms with Crippen LogP contribution in [0.25, 0.3) is 0 Å². The van der Waals surface area contributed by atoms with Crippen LogP contribution in [-0.2, 0) is 4.79 Å². The van der Waals surface area contributed by atoms with Gasteiger partial charge in [0.1, 0.15) is 5.75 Å². The molecule has 2 amide bonds. The lowest BCUT2D eigenvalue weighted by Crippen LogP contribution is -2.50. The normalized spacial score (nSPS) is 14.6. The van der Waals surface area contributed by atoms with Crippen molar-refractivity contribution >= 4 is 40.7 Å². The van der Waals surface area contributed by atoms with Crippen molar-refractivity contribution in [1.29, 1.82) is 0 Å². The summed E-state index contributed by atoms with van der Waals surface area (Å²) in [5, 5.41) is 4.07. The zero-order valence-electron chi connectivity index (χ0n) is 16.4. The average molecular weight is 436 g/mol. The monoisotopic (exact) mass is 435 g/mol. The van der Waals surface area contributed by atoms with Crippen LogP contribution < -0.4 is 10.1 Å². The van der Waals surface area contributed by atoms with Crippen molar-refractivity contribution in [2.45, 2.75) is 6.92 Å². The number of carbonyl (C=O) groups is 2. The number of rotatable bonds is 5. The van der Waals surface area contributed by atoms with E-state index in [4.69, 9.17) is 27.9 Å². The Kier molecular flexibility index (Phi) is 7.00. The number of anilines is 1. The maximum Gasteiger partial charge on any atom is 0.253 e. The van der Waals surface area contributed by atoms with Crippen molar-refractivity contribution in [2.24, 2.45) is 0 Å². The minimum absolute atomic E-state index is 0.0212. The summed E-state index contributed by atoms with van der Waals surface area (Å²) in [5.74, 6) is 0.363. The van der Waals surface area contributed by atoms with Crippen LogP contribution >= 0.6 is 23.2 Å². The third kappa shape index (κ3) is 5.41. The van der Waals surface area contributed by atoms with E-state index in [9.17, 15) is 9.59 Å². The lowest BCUT2D eigenvalue weighted by molar-refractivity contribution is -0.117. The largest absolute Gasteiger partial charge is 0.495 e. The Labute approximate surface area is 180 Å². The fourth-order valence-corrected chi connectivity index (χ4v) is 3.49. The number of amides is 2. The molecule has 0 spiro atoms. The quantitative estimate of drug-likeness (QED) is 0.777. The maximum atomic E-state index is 12.6. The second-order valence-corrected chi connectivity index (χ2v) is 7.77. The molecular formula is C21H23Cl2N3O3. The lowest BCUT2D eigenvalue weighted by Gasteiger charge is -2.34. The number of piperazine rings is 1. The molecule has 1 saturated heterocycles. The molecule has 0 radical (unpaired) electrons. The molecule has 3 rings (SSSR count). The summed E-state index contributed by atoms with van der Waals surface area (Å²) < 4.78 is 5.30. The number of benzene rings is 2. The summed E-state index contributed by atoms with van der Waals surface area (Å²) in [4.78, 5) is 28.9. The molecule has 0 aliphatic carbocycles. The van der Waals surface area contributed by atoms with Gasteiger partial charge < -0.3 is 15.0 Å². The van der Waals surface area contributed by atoms with Gasteiger partial charge in [0.05, 0.1) is 19.3 Å². The molecule has 0 atom stereocenters. The van der Waals surface area contributed by atoms with Gasteiger partial charge >= 0.3 is 0 Å². The van der Waals surface area contributed by atoms with Crippen LogP contribution in [0.4, 0.5) is 5.69 Å². The molecule has 0 unspecified atom stereocenters. The molecule has 1 fully saturated rings. The van der Waals surface area contributed by atoms with E-state index in [2.05, 4.69) is 5.32 Å². The van der Waals surface area contributed by atoms with E-state index in [1.54, 1.807) is 41.3 Å². The molecule has 0 bridgehead atoms. The fourth-order valence-electron chi connectivity index (χ4n) is 3.21. The van der Waals surface area contributed by atoms with E-state index in [0.717, 1.165) is 5.56 Å². The number of aryl methyl sites for hydroxylation is 1. The summed E-state index contributed by atoms with van der Waals surface area (Å²) in [6.07, 6.45) is 0. The Balaban J connectivity index is 1.53. The molecule has 2 aromatic rings. The summed E-state index contributed by atoms with van der Waals surface area (Å²) in [6.45, 7) is 4.51. The second kappa shape index (κ2) is 9.48. The highest BCUT2D eigenvalue weighted by molar-refractivity contribution is 6.31. The number of hydrogen-bond acceptors (Lipinski definition) is 4. The van der Waals surface area contributed by atoms with Crippen molar-refractivity contribution in [2.75, 3.05) is 45.2 Å². The first-order valence-electron chi connectivity index (χ1n) is 9.28. The standard InChI is InChI=1S/C21H23Cl2N3O3/c1-14-11-18(19(29-2)12-17(14)23)24-20(27)13-25-7-9-26(10-8-25)21(28)15-3-5-16(22)6-4-15/h3-6,11-12H,7-10,13H2,1-2H3,(H,24,27). The van der Waals surface area contributed by atoms with Gasteiger partial charge in [0, 0.05) is 47.9 Å². The first-order valence-corrected chi connectivity index (χ1v) is 10.0. The Morgan fingerprint density at radius 3 is 2.34 bits per heavy atom. The average Bonchev–Trinajstić information content (AvgIpc) is 2.71. The predicted molar refractivity (Wildman–Crippen MR) is 115 cm³/mol. The van der Waals surface area contributed by atoms with Gasteiger partial charge in [-0.05, 0) is 42.8 Å². The zero-order chi connectivity index (χ0) is 21.0. The van der Waals surface area contributed by atoms with Crippen LogP contribution in [0.2, 0.25) is 10.0 Å². The Hall–Kier alpha value is -2.28. The molecule has 1 N–H and O–H groups in total. The maximum absolute atomic E-state index is 12.6. The molecule has 0 saturated carbocycles. The van der Waals surface area contributed by atoms with Crippen molar-refractivity contribution in [3.05, 3.63) is 57.6 Å². The topological polar surface area (TPSA) is 61.9 Å². The molecule has 1 aliphatic rings. The highest BCUT2D eigenvalue weighted by Crippen LogP contribution is 2.30. The molecule has 1 heterocycles. The highest BCUT2D eigenvalue weighted by Gasteiger charge is 2.23. The molecule has 0 aromatic heterocycles. The van der Waals surface area contributed by atoms with Gasteiger partial charge in [-0.2, -0.15) is 0 Å². The lowest BCUT2D eigenvalue weighted by atomic mass is 10.2. The molecule has 8 heteroatoms. The summed E-state index contributed by atoms with van der Waals surface area (Å²) in [6, 6.07) is 10.4. The Morgan fingerprint density at radius 2 is 1.72 bits per heavy atom. The van der Waals surface area contributed by atoms with Crippen molar-refractivity contribution < 1.29 is 14.3 Å². The number of nitrogens with one attached hydrogen (secondary N) is 1. The van der Waals surface area contributed by atoms with Crippen molar-refractivity contribution in [1.82, 2.24) is 9.80 Å². The molecule has 29 heavy (non-hydrogen) atoms. The fraction of sp³-hybridized carbons (Fsp3) is 0.333. The van der Waals surface area contributed by atoms with E-state index < -0.39 is 0 Å². The Bertz CT molecular complexity index is 895. The first kappa shape index (κ1) is 21.4. The van der Waals surface area contributed by atoms with E-state index in [-0.39, 0.29) is 18.4 Å². The van der Waals surface area contributed by atoms with Crippen molar-refractivity contribution in [3.8, 4) is 5.75 Å². The van der Waals surface area contributed by atoms with Crippen LogP contribution in [0.5, 0.6) is 5.75 Å². The van der Waals surface area contributed by atoms with Gasteiger partial charge in [-0.3, -0.25) is 14.5 Å². The third-order valence-electron chi connectivity index (χ3n) is 4.87. The second-order valence-electron chi connectivity index (χ2n) is 6.93. The SMILES string of the molecule is COc1cc(Cl)c(C)cc1NC(=O)CN1CCN(C(=O)c2ccc(Cl)cc2)CC1. The van der Waals surface area contributed by atoms with Gasteiger partial charge in [0.15, 0.2) is 0 Å². The minimum atomic E-state index is -0.137. The van der Waals surface area contributed by atoms with Crippen LogP contribution in [-0.4, -0.2) is 61.4 Å². The summed E-state index contributed by atoms with van der Waals surface area (Å²) >= 11 is 12.0. The highest BCUT2D eigenvalue weighted by atomic mass is 35.5. The smallest absolute Gasteiger partial charge is 0.253 e. The van der Waals surface area contributed by atoms with E-state index >= 15 is 0 Å². The summed E-state index contributed by atoms with van der Waals surface area (Å²) in [5.41, 5.74) is 2.07. The zero-order valence-corrected chi connectivity index (χ0v) is 17.9. The van der Waals surface area contributed by atoms with E-state index in [1.807, 2.05) is 11.8 Å². The van der Waals surface area contributed by atoms with Gasteiger partial charge in [0.25, 0.3) is 5.91 Å². The number of ether oxygens (including phenoxy) is 1. The van der Waals surface area contributed by atoms with Crippen LogP contribution in [0, 0.1) is 6.92 Å². The van der Waals surface area contributed by atoms with Crippen LogP contribution in [0.15, 0.2) is 36.4 Å². The molecule has 1 aliphatic heterocycles. The number of halogens is 2. The molecule has 6 nitrogen and oxygen atoms in total. The van der Waals surface area contributed by atoms with E-state index in [0.29, 0.717) is 53.2 Å². The molecule has 2 aromatic carbocycles. The first-order chi connectivity index (χ1) is 13.9. The number of carbonyl (C=O) groups excluding carboxylic acids is 2. The van der Waals surface area contributed by atoms with Gasteiger partial charge in [-0.15, -0.1) is 0 Å². The van der Waals surface area contributed by atoms with Crippen LogP contribution in [0.3, 0.4) is 0 Å². The number of hydrogen-bond donors (Lipinski definition) is 1. The van der Waals surface area contributed by atoms with Gasteiger partial charge in [0.2, 0.25) is 5.91 Å². The Morgan fingerprint density at radius 1 is 1.07 bits per heavy atom. The molecule has 154 valence electrons. The number of methoxy groups -OCH3 is 1.